The predicted molar refractivity (Wildman–Crippen MR) is 128 cm³/mol. The van der Waals surface area contributed by atoms with Crippen molar-refractivity contribution in [3.8, 4) is 5.75 Å². The number of likely N-dealkylation sites (tertiary alicyclic amines) is 1. The number of fused-ring (bicyclic) bond motifs is 1. The maximum atomic E-state index is 13.3. The number of para-hydroxylation sites is 3. The normalized spacial score (nSPS) is 15.9. The van der Waals surface area contributed by atoms with Crippen molar-refractivity contribution in [1.29, 1.82) is 0 Å². The highest BCUT2D eigenvalue weighted by atomic mass is 16.5. The van der Waals surface area contributed by atoms with Crippen molar-refractivity contribution in [2.45, 2.75) is 25.4 Å². The number of benzene rings is 3. The van der Waals surface area contributed by atoms with Crippen LogP contribution in [0.25, 0.3) is 11.1 Å². The molecule has 1 aliphatic heterocycles. The monoisotopic (exact) mass is 455 g/mol. The van der Waals surface area contributed by atoms with Gasteiger partial charge in [-0.05, 0) is 54.8 Å². The maximum absolute atomic E-state index is 13.3. The molecule has 1 atom stereocenters. The van der Waals surface area contributed by atoms with E-state index in [0.717, 1.165) is 29.5 Å². The Morgan fingerprint density at radius 2 is 1.88 bits per heavy atom. The lowest BCUT2D eigenvalue weighted by atomic mass is 9.97. The maximum Gasteiger partial charge on any atom is 0.253 e. The van der Waals surface area contributed by atoms with E-state index in [0.29, 0.717) is 35.9 Å². The van der Waals surface area contributed by atoms with E-state index in [4.69, 9.17) is 14.9 Å². The van der Waals surface area contributed by atoms with Gasteiger partial charge in [0.1, 0.15) is 17.9 Å². The van der Waals surface area contributed by atoms with Gasteiger partial charge in [0.15, 0.2) is 11.5 Å². The zero-order valence-corrected chi connectivity index (χ0v) is 18.6. The third-order valence-electron chi connectivity index (χ3n) is 6.09. The highest BCUT2D eigenvalue weighted by Crippen LogP contribution is 2.30. The lowest BCUT2D eigenvalue weighted by Crippen LogP contribution is -2.39. The first-order valence-corrected chi connectivity index (χ1v) is 11.3. The van der Waals surface area contributed by atoms with Gasteiger partial charge >= 0.3 is 0 Å². The lowest BCUT2D eigenvalue weighted by molar-refractivity contribution is 0.0698. The molecule has 0 saturated carbocycles. The average Bonchev–Trinajstić information content (AvgIpc) is 3.32. The van der Waals surface area contributed by atoms with Gasteiger partial charge in [-0.3, -0.25) is 9.59 Å². The number of nitrogens with two attached hydrogens (primary N) is 1. The van der Waals surface area contributed by atoms with Crippen molar-refractivity contribution in [2.75, 3.05) is 13.1 Å². The van der Waals surface area contributed by atoms with Crippen LogP contribution in [0.2, 0.25) is 0 Å². The molecule has 2 N–H and O–H groups in total. The summed E-state index contributed by atoms with van der Waals surface area (Å²) in [6.45, 7) is 1.48. The summed E-state index contributed by atoms with van der Waals surface area (Å²) in [6, 6.07) is 21.9. The third-order valence-corrected chi connectivity index (χ3v) is 6.09. The lowest BCUT2D eigenvalue weighted by Gasteiger charge is -2.31. The zero-order chi connectivity index (χ0) is 23.5. The average molecular weight is 456 g/mol. The number of primary amides is 1. The molecule has 2 amide bonds. The van der Waals surface area contributed by atoms with E-state index in [-0.39, 0.29) is 18.4 Å². The number of hydrogen-bond acceptors (Lipinski definition) is 5. The van der Waals surface area contributed by atoms with E-state index in [1.165, 1.54) is 0 Å². The summed E-state index contributed by atoms with van der Waals surface area (Å²) in [5.41, 5.74) is 8.79. The quantitative estimate of drug-likeness (QED) is 0.461. The summed E-state index contributed by atoms with van der Waals surface area (Å²) in [6.07, 6.45) is 1.82. The molecule has 1 fully saturated rings. The highest BCUT2D eigenvalue weighted by Gasteiger charge is 2.28. The molecule has 0 spiro atoms. The molecule has 34 heavy (non-hydrogen) atoms. The summed E-state index contributed by atoms with van der Waals surface area (Å²) in [5, 5.41) is 0. The summed E-state index contributed by atoms with van der Waals surface area (Å²) in [7, 11) is 0. The van der Waals surface area contributed by atoms with Crippen LogP contribution in [0.5, 0.6) is 5.75 Å². The standard InChI is InChI=1S/C27H25N3O4/c28-25(31)21-10-1-3-12-23(21)33-17-18-7-5-8-19(15-18)27(32)30-14-6-9-20(16-30)26-29-22-11-2-4-13-24(22)34-26/h1-5,7-8,10-13,15,20H,6,9,14,16-17H2,(H2,28,31). The minimum atomic E-state index is -0.543. The fourth-order valence-corrected chi connectivity index (χ4v) is 4.36. The topological polar surface area (TPSA) is 98.7 Å². The number of nitrogens with zero attached hydrogens (tertiary/aromatic N) is 2. The molecule has 1 unspecified atom stereocenters. The smallest absolute Gasteiger partial charge is 0.253 e. The van der Waals surface area contributed by atoms with E-state index in [9.17, 15) is 9.59 Å². The molecular weight excluding hydrogens is 430 g/mol. The SMILES string of the molecule is NC(=O)c1ccccc1OCc1cccc(C(=O)N2CCCC(c3nc4ccccc4o3)C2)c1. The Balaban J connectivity index is 1.28. The molecule has 1 saturated heterocycles. The van der Waals surface area contributed by atoms with Gasteiger partial charge in [0, 0.05) is 18.7 Å². The van der Waals surface area contributed by atoms with Crippen molar-refractivity contribution in [3.63, 3.8) is 0 Å². The number of piperidine rings is 1. The van der Waals surface area contributed by atoms with Gasteiger partial charge in [-0.2, -0.15) is 0 Å². The Kier molecular flexibility index (Phi) is 5.99. The van der Waals surface area contributed by atoms with Crippen LogP contribution in [0.4, 0.5) is 0 Å². The van der Waals surface area contributed by atoms with Crippen LogP contribution >= 0.6 is 0 Å². The van der Waals surface area contributed by atoms with Crippen molar-refractivity contribution in [1.82, 2.24) is 9.88 Å². The van der Waals surface area contributed by atoms with E-state index < -0.39 is 5.91 Å². The second-order valence-electron chi connectivity index (χ2n) is 8.46. The Hall–Kier alpha value is -4.13. The highest BCUT2D eigenvalue weighted by molar-refractivity contribution is 5.95. The van der Waals surface area contributed by atoms with Gasteiger partial charge in [0.2, 0.25) is 0 Å². The number of hydrogen-bond donors (Lipinski definition) is 1. The summed E-state index contributed by atoms with van der Waals surface area (Å²) in [4.78, 5) is 31.4. The second-order valence-corrected chi connectivity index (χ2v) is 8.46. The number of amides is 2. The number of oxazole rings is 1. The molecule has 3 aromatic carbocycles. The minimum absolute atomic E-state index is 0.0276. The van der Waals surface area contributed by atoms with Crippen LogP contribution < -0.4 is 10.5 Å². The molecule has 172 valence electrons. The van der Waals surface area contributed by atoms with Crippen molar-refractivity contribution < 1.29 is 18.7 Å². The van der Waals surface area contributed by atoms with Crippen LogP contribution in [0.1, 0.15) is 50.9 Å². The molecule has 0 radical (unpaired) electrons. The fraction of sp³-hybridized carbons (Fsp3) is 0.222. The zero-order valence-electron chi connectivity index (χ0n) is 18.6. The minimum Gasteiger partial charge on any atom is -0.488 e. The van der Waals surface area contributed by atoms with Gasteiger partial charge < -0.3 is 19.8 Å². The molecule has 0 aliphatic carbocycles. The second kappa shape index (κ2) is 9.39. The molecular formula is C27H25N3O4. The van der Waals surface area contributed by atoms with Crippen LogP contribution in [-0.4, -0.2) is 34.8 Å². The molecule has 1 aliphatic rings. The van der Waals surface area contributed by atoms with Crippen LogP contribution in [0.3, 0.4) is 0 Å². The van der Waals surface area contributed by atoms with Crippen molar-refractivity contribution in [3.05, 3.63) is 95.4 Å². The van der Waals surface area contributed by atoms with Gasteiger partial charge in [-0.25, -0.2) is 4.98 Å². The third kappa shape index (κ3) is 4.50. The molecule has 4 aromatic rings. The van der Waals surface area contributed by atoms with Crippen LogP contribution in [0, 0.1) is 0 Å². The molecule has 7 heteroatoms. The summed E-state index contributed by atoms with van der Waals surface area (Å²) < 4.78 is 11.8. The first-order chi connectivity index (χ1) is 16.6. The largest absolute Gasteiger partial charge is 0.488 e. The number of aromatic nitrogens is 1. The molecule has 7 nitrogen and oxygen atoms in total. The Morgan fingerprint density at radius 1 is 1.06 bits per heavy atom. The molecule has 2 heterocycles. The number of rotatable bonds is 6. The van der Waals surface area contributed by atoms with Crippen LogP contribution in [0.15, 0.2) is 77.2 Å². The predicted octanol–water partition coefficient (Wildman–Crippen LogP) is 4.53. The number of carbonyl (C=O) groups is 2. The van der Waals surface area contributed by atoms with Gasteiger partial charge in [-0.15, -0.1) is 0 Å². The van der Waals surface area contributed by atoms with E-state index in [1.807, 2.05) is 53.4 Å². The first kappa shape index (κ1) is 21.7. The molecule has 5 rings (SSSR count). The van der Waals surface area contributed by atoms with E-state index in [1.54, 1.807) is 24.3 Å². The molecule has 1 aromatic heterocycles. The number of carbonyl (C=O) groups excluding carboxylic acids is 2. The van der Waals surface area contributed by atoms with Gasteiger partial charge in [0.25, 0.3) is 11.8 Å². The Labute approximate surface area is 197 Å². The van der Waals surface area contributed by atoms with Crippen LogP contribution in [-0.2, 0) is 6.61 Å². The van der Waals surface area contributed by atoms with Crippen molar-refractivity contribution >= 4 is 22.9 Å². The van der Waals surface area contributed by atoms with Crippen molar-refractivity contribution in [2.24, 2.45) is 5.73 Å². The van der Waals surface area contributed by atoms with E-state index >= 15 is 0 Å². The van der Waals surface area contributed by atoms with E-state index in [2.05, 4.69) is 4.98 Å². The fourth-order valence-electron chi connectivity index (χ4n) is 4.36. The summed E-state index contributed by atoms with van der Waals surface area (Å²) in [5.74, 6) is 0.609. The van der Waals surface area contributed by atoms with Gasteiger partial charge in [0.05, 0.1) is 11.5 Å². The van der Waals surface area contributed by atoms with Gasteiger partial charge in [-0.1, -0.05) is 36.4 Å². The Morgan fingerprint density at radius 3 is 2.74 bits per heavy atom. The molecule has 0 bridgehead atoms. The Bertz CT molecular complexity index is 1310. The number of ether oxygens (including phenoxy) is 1. The first-order valence-electron chi connectivity index (χ1n) is 11.3. The summed E-state index contributed by atoms with van der Waals surface area (Å²) >= 11 is 0.